The first-order chi connectivity index (χ1) is 22.6. The minimum atomic E-state index is 0.0889. The first-order valence-corrected chi connectivity index (χ1v) is 22.4. The molecule has 0 aliphatic carbocycles. The highest BCUT2D eigenvalue weighted by atomic mass is 14.8. The highest BCUT2D eigenvalue weighted by Gasteiger charge is 2.33. The van der Waals surface area contributed by atoms with Gasteiger partial charge in [0.1, 0.15) is 0 Å². The molecule has 0 amide bonds. The summed E-state index contributed by atoms with van der Waals surface area (Å²) in [5, 5.41) is 0. The van der Waals surface area contributed by atoms with E-state index in [1.807, 2.05) is 0 Å². The van der Waals surface area contributed by atoms with Gasteiger partial charge in [-0.3, -0.25) is 0 Å². The van der Waals surface area contributed by atoms with Gasteiger partial charge in [-0.25, -0.2) is 0 Å². The number of rotatable bonds is 40. The van der Waals surface area contributed by atoms with E-state index in [1.165, 1.54) is 250 Å². The van der Waals surface area contributed by atoms with E-state index >= 15 is 0 Å². The predicted octanol–water partition coefficient (Wildman–Crippen LogP) is 16.6. The minimum Gasteiger partial charge on any atom is -0.325 e. The van der Waals surface area contributed by atoms with Crippen molar-refractivity contribution in [3.63, 3.8) is 0 Å². The Morgan fingerprint density at radius 1 is 0.283 bits per heavy atom. The summed E-state index contributed by atoms with van der Waals surface area (Å²) in [6, 6.07) is 0. The van der Waals surface area contributed by atoms with Crippen molar-refractivity contribution in [2.75, 3.05) is 0 Å². The third-order valence-electron chi connectivity index (χ3n) is 11.4. The van der Waals surface area contributed by atoms with E-state index < -0.39 is 0 Å². The van der Waals surface area contributed by atoms with Crippen LogP contribution in [0.4, 0.5) is 0 Å². The van der Waals surface area contributed by atoms with Gasteiger partial charge in [0.2, 0.25) is 0 Å². The Morgan fingerprint density at radius 2 is 0.478 bits per heavy atom. The first kappa shape index (κ1) is 46.0. The molecule has 0 aromatic carbocycles. The highest BCUT2D eigenvalue weighted by molar-refractivity contribution is 4.91. The molecule has 0 radical (unpaired) electrons. The SMILES string of the molecule is CCCCCCCCCCCCCCCCC(CCCCCCCCC)C(N)(CCCCCCCCC)CCCCCCCCC. The van der Waals surface area contributed by atoms with Crippen LogP contribution in [0.5, 0.6) is 0 Å². The van der Waals surface area contributed by atoms with Crippen molar-refractivity contribution in [1.82, 2.24) is 0 Å². The molecule has 278 valence electrons. The van der Waals surface area contributed by atoms with Crippen molar-refractivity contribution >= 4 is 0 Å². The van der Waals surface area contributed by atoms with Crippen molar-refractivity contribution in [2.45, 2.75) is 284 Å². The summed E-state index contributed by atoms with van der Waals surface area (Å²) in [7, 11) is 0. The van der Waals surface area contributed by atoms with Crippen LogP contribution in [0.25, 0.3) is 0 Å². The summed E-state index contributed by atoms with van der Waals surface area (Å²) in [5.41, 5.74) is 7.69. The molecule has 0 aromatic rings. The molecular formula is C45H93N. The van der Waals surface area contributed by atoms with Crippen LogP contribution in [0.2, 0.25) is 0 Å². The lowest BCUT2D eigenvalue weighted by atomic mass is 9.72. The molecule has 0 rings (SSSR count). The second-order valence-electron chi connectivity index (χ2n) is 16.0. The minimum absolute atomic E-state index is 0.0889. The van der Waals surface area contributed by atoms with Gasteiger partial charge in [-0.2, -0.15) is 0 Å². The maximum absolute atomic E-state index is 7.60. The molecule has 0 aromatic heterocycles. The number of nitrogens with two attached hydrogens (primary N) is 1. The van der Waals surface area contributed by atoms with Crippen LogP contribution in [0, 0.1) is 5.92 Å². The topological polar surface area (TPSA) is 26.0 Å². The van der Waals surface area contributed by atoms with Crippen molar-refractivity contribution in [3.05, 3.63) is 0 Å². The molecule has 46 heavy (non-hydrogen) atoms. The van der Waals surface area contributed by atoms with Gasteiger partial charge in [-0.1, -0.05) is 252 Å². The fraction of sp³-hybridized carbons (Fsp3) is 1.00. The van der Waals surface area contributed by atoms with Crippen LogP contribution in [-0.2, 0) is 0 Å². The molecule has 0 saturated heterocycles. The largest absolute Gasteiger partial charge is 0.325 e. The van der Waals surface area contributed by atoms with Crippen LogP contribution < -0.4 is 5.73 Å². The lowest BCUT2D eigenvalue weighted by molar-refractivity contribution is 0.189. The number of hydrogen-bond acceptors (Lipinski definition) is 1. The molecule has 1 heteroatoms. The van der Waals surface area contributed by atoms with Crippen LogP contribution in [-0.4, -0.2) is 5.54 Å². The van der Waals surface area contributed by atoms with Gasteiger partial charge in [-0.05, 0) is 31.6 Å². The van der Waals surface area contributed by atoms with Gasteiger partial charge >= 0.3 is 0 Å². The van der Waals surface area contributed by atoms with Crippen LogP contribution in [0.1, 0.15) is 278 Å². The third kappa shape index (κ3) is 31.2. The Morgan fingerprint density at radius 3 is 0.717 bits per heavy atom. The molecule has 1 atom stereocenters. The quantitative estimate of drug-likeness (QED) is 0.0658. The van der Waals surface area contributed by atoms with Crippen molar-refractivity contribution in [3.8, 4) is 0 Å². The summed E-state index contributed by atoms with van der Waals surface area (Å²) in [4.78, 5) is 0. The van der Waals surface area contributed by atoms with E-state index in [4.69, 9.17) is 5.73 Å². The summed E-state index contributed by atoms with van der Waals surface area (Å²) in [6.07, 6.45) is 55.3. The summed E-state index contributed by atoms with van der Waals surface area (Å²) in [6.45, 7) is 9.31. The molecule has 0 spiro atoms. The van der Waals surface area contributed by atoms with E-state index in [-0.39, 0.29) is 5.54 Å². The number of unbranched alkanes of at least 4 members (excludes halogenated alkanes) is 31. The molecule has 0 aliphatic heterocycles. The van der Waals surface area contributed by atoms with E-state index in [1.54, 1.807) is 0 Å². The zero-order valence-corrected chi connectivity index (χ0v) is 33.2. The van der Waals surface area contributed by atoms with E-state index in [9.17, 15) is 0 Å². The van der Waals surface area contributed by atoms with Crippen LogP contribution >= 0.6 is 0 Å². The Labute approximate surface area is 294 Å². The molecule has 0 aliphatic rings. The van der Waals surface area contributed by atoms with Crippen molar-refractivity contribution in [2.24, 2.45) is 11.7 Å². The van der Waals surface area contributed by atoms with Gasteiger partial charge in [0.15, 0.2) is 0 Å². The standard InChI is InChI=1S/C45H93N/c1-5-9-13-17-21-22-23-24-25-26-27-29-33-37-41-44(40-36-32-28-18-14-10-6-2)45(46,42-38-34-30-19-15-11-7-3)43-39-35-31-20-16-12-8-4/h44H,5-43,46H2,1-4H3. The average Bonchev–Trinajstić information content (AvgIpc) is 3.06. The van der Waals surface area contributed by atoms with Crippen molar-refractivity contribution < 1.29 is 0 Å². The fourth-order valence-corrected chi connectivity index (χ4v) is 8.01. The van der Waals surface area contributed by atoms with Crippen LogP contribution in [0.15, 0.2) is 0 Å². The zero-order chi connectivity index (χ0) is 33.7. The third-order valence-corrected chi connectivity index (χ3v) is 11.4. The summed E-state index contributed by atoms with van der Waals surface area (Å²) in [5.74, 6) is 0.751. The predicted molar refractivity (Wildman–Crippen MR) is 213 cm³/mol. The van der Waals surface area contributed by atoms with E-state index in [0.717, 1.165) is 5.92 Å². The lowest BCUT2D eigenvalue weighted by Gasteiger charge is -2.39. The van der Waals surface area contributed by atoms with Gasteiger partial charge in [0.05, 0.1) is 0 Å². The molecule has 1 unspecified atom stereocenters. The Bertz CT molecular complexity index is 523. The Kier molecular flexibility index (Phi) is 37.7. The smallest absolute Gasteiger partial charge is 0.0182 e. The average molecular weight is 648 g/mol. The van der Waals surface area contributed by atoms with Gasteiger partial charge < -0.3 is 5.73 Å². The van der Waals surface area contributed by atoms with Crippen LogP contribution in [0.3, 0.4) is 0 Å². The molecule has 0 saturated carbocycles. The highest BCUT2D eigenvalue weighted by Crippen LogP contribution is 2.35. The van der Waals surface area contributed by atoms with Gasteiger partial charge in [-0.15, -0.1) is 0 Å². The lowest BCUT2D eigenvalue weighted by Crippen LogP contribution is -2.47. The second kappa shape index (κ2) is 37.8. The normalized spacial score (nSPS) is 12.7. The van der Waals surface area contributed by atoms with Crippen molar-refractivity contribution in [1.29, 1.82) is 0 Å². The Balaban J connectivity index is 4.77. The van der Waals surface area contributed by atoms with Gasteiger partial charge in [0, 0.05) is 5.54 Å². The second-order valence-corrected chi connectivity index (χ2v) is 16.0. The monoisotopic (exact) mass is 648 g/mol. The summed E-state index contributed by atoms with van der Waals surface area (Å²) >= 11 is 0. The van der Waals surface area contributed by atoms with Gasteiger partial charge in [0.25, 0.3) is 0 Å². The van der Waals surface area contributed by atoms with E-state index in [2.05, 4.69) is 27.7 Å². The van der Waals surface area contributed by atoms with E-state index in [0.29, 0.717) is 0 Å². The molecule has 2 N–H and O–H groups in total. The summed E-state index contributed by atoms with van der Waals surface area (Å²) < 4.78 is 0. The number of hydrogen-bond donors (Lipinski definition) is 1. The molecule has 0 bridgehead atoms. The zero-order valence-electron chi connectivity index (χ0n) is 33.2. The molecule has 1 nitrogen and oxygen atoms in total. The maximum atomic E-state index is 7.60. The maximum Gasteiger partial charge on any atom is 0.0182 e. The molecule has 0 heterocycles. The molecule has 0 fully saturated rings. The first-order valence-electron chi connectivity index (χ1n) is 22.4. The molecular weight excluding hydrogens is 555 g/mol. The fourth-order valence-electron chi connectivity index (χ4n) is 8.01. The Hall–Kier alpha value is -0.0400.